The van der Waals surface area contributed by atoms with Crippen LogP contribution in [0.4, 0.5) is 0 Å². The second kappa shape index (κ2) is 4.30. The summed E-state index contributed by atoms with van der Waals surface area (Å²) in [6, 6.07) is 13.0. The SMILES string of the molecule is C=Cc1ccc(-c2cccc3c2CC3)c(C=C)c1. The molecule has 18 heavy (non-hydrogen) atoms. The third-order valence-corrected chi connectivity index (χ3v) is 3.74. The van der Waals surface area contributed by atoms with E-state index in [4.69, 9.17) is 0 Å². The molecule has 88 valence electrons. The Morgan fingerprint density at radius 1 is 0.889 bits per heavy atom. The quantitative estimate of drug-likeness (QED) is 0.717. The van der Waals surface area contributed by atoms with Crippen molar-refractivity contribution in [2.24, 2.45) is 0 Å². The van der Waals surface area contributed by atoms with Crippen LogP contribution in [0.3, 0.4) is 0 Å². The molecule has 2 aromatic rings. The van der Waals surface area contributed by atoms with Gasteiger partial charge in [0, 0.05) is 0 Å². The van der Waals surface area contributed by atoms with Crippen LogP contribution in [-0.4, -0.2) is 0 Å². The summed E-state index contributed by atoms with van der Waals surface area (Å²) in [4.78, 5) is 0. The van der Waals surface area contributed by atoms with E-state index in [1.165, 1.54) is 40.7 Å². The fourth-order valence-electron chi connectivity index (χ4n) is 2.62. The molecule has 0 saturated carbocycles. The van der Waals surface area contributed by atoms with Crippen molar-refractivity contribution in [1.29, 1.82) is 0 Å². The van der Waals surface area contributed by atoms with Gasteiger partial charge in [0.2, 0.25) is 0 Å². The van der Waals surface area contributed by atoms with E-state index < -0.39 is 0 Å². The molecule has 0 nitrogen and oxygen atoms in total. The molecule has 0 unspecified atom stereocenters. The van der Waals surface area contributed by atoms with E-state index in [1.54, 1.807) is 0 Å². The van der Waals surface area contributed by atoms with Crippen LogP contribution in [0, 0.1) is 0 Å². The molecule has 0 aliphatic heterocycles. The Morgan fingerprint density at radius 2 is 1.78 bits per heavy atom. The van der Waals surface area contributed by atoms with Crippen molar-refractivity contribution >= 4 is 12.2 Å². The summed E-state index contributed by atoms with van der Waals surface area (Å²) in [6.45, 7) is 7.75. The van der Waals surface area contributed by atoms with Gasteiger partial charge in [-0.1, -0.05) is 55.6 Å². The predicted octanol–water partition coefficient (Wildman–Crippen LogP) is 4.74. The van der Waals surface area contributed by atoms with Gasteiger partial charge in [0.15, 0.2) is 0 Å². The van der Waals surface area contributed by atoms with Crippen molar-refractivity contribution in [3.8, 4) is 11.1 Å². The summed E-state index contributed by atoms with van der Waals surface area (Å²) < 4.78 is 0. The Labute approximate surface area is 108 Å². The average molecular weight is 232 g/mol. The second-order valence-corrected chi connectivity index (χ2v) is 4.70. The van der Waals surface area contributed by atoms with Gasteiger partial charge in [0.1, 0.15) is 0 Å². The highest BCUT2D eigenvalue weighted by Crippen LogP contribution is 2.35. The highest BCUT2D eigenvalue weighted by Gasteiger charge is 2.18. The molecule has 1 aliphatic carbocycles. The zero-order chi connectivity index (χ0) is 12.5. The van der Waals surface area contributed by atoms with E-state index in [-0.39, 0.29) is 0 Å². The summed E-state index contributed by atoms with van der Waals surface area (Å²) in [5, 5.41) is 0. The number of fused-ring (bicyclic) bond motifs is 1. The Kier molecular flexibility index (Phi) is 2.64. The third kappa shape index (κ3) is 1.62. The highest BCUT2D eigenvalue weighted by atomic mass is 14.2. The van der Waals surface area contributed by atoms with Gasteiger partial charge in [-0.15, -0.1) is 0 Å². The molecule has 0 bridgehead atoms. The fraction of sp³-hybridized carbons (Fsp3) is 0.111. The van der Waals surface area contributed by atoms with Gasteiger partial charge in [-0.25, -0.2) is 0 Å². The van der Waals surface area contributed by atoms with Gasteiger partial charge in [-0.3, -0.25) is 0 Å². The molecule has 0 heteroatoms. The minimum atomic E-state index is 1.14. The molecular weight excluding hydrogens is 216 g/mol. The van der Waals surface area contributed by atoms with Gasteiger partial charge < -0.3 is 0 Å². The first-order chi connectivity index (χ1) is 8.83. The zero-order valence-corrected chi connectivity index (χ0v) is 10.4. The molecule has 3 rings (SSSR count). The van der Waals surface area contributed by atoms with Crippen LogP contribution in [0.15, 0.2) is 49.6 Å². The molecule has 0 saturated heterocycles. The van der Waals surface area contributed by atoms with E-state index in [0.717, 1.165) is 5.56 Å². The first-order valence-electron chi connectivity index (χ1n) is 6.33. The van der Waals surface area contributed by atoms with Gasteiger partial charge in [0.05, 0.1) is 0 Å². The largest absolute Gasteiger partial charge is 0.0985 e. The number of benzene rings is 2. The van der Waals surface area contributed by atoms with Crippen molar-refractivity contribution in [3.05, 3.63) is 71.8 Å². The first-order valence-corrected chi connectivity index (χ1v) is 6.33. The summed E-state index contributed by atoms with van der Waals surface area (Å²) in [7, 11) is 0. The van der Waals surface area contributed by atoms with Crippen LogP contribution in [0.2, 0.25) is 0 Å². The number of hydrogen-bond donors (Lipinski definition) is 0. The van der Waals surface area contributed by atoms with E-state index in [1.807, 2.05) is 12.2 Å². The van der Waals surface area contributed by atoms with Crippen molar-refractivity contribution in [2.45, 2.75) is 12.8 Å². The topological polar surface area (TPSA) is 0 Å². The molecule has 0 amide bonds. The van der Waals surface area contributed by atoms with Crippen LogP contribution in [-0.2, 0) is 12.8 Å². The van der Waals surface area contributed by atoms with Crippen molar-refractivity contribution in [2.75, 3.05) is 0 Å². The standard InChI is InChI=1S/C18H16/c1-3-13-8-10-16(14(4-2)12-13)18-7-5-6-15-9-11-17(15)18/h3-8,10,12H,1-2,9,11H2. The van der Waals surface area contributed by atoms with Crippen molar-refractivity contribution in [1.82, 2.24) is 0 Å². The van der Waals surface area contributed by atoms with E-state index in [9.17, 15) is 0 Å². The monoisotopic (exact) mass is 232 g/mol. The average Bonchev–Trinajstić information content (AvgIpc) is 2.39. The van der Waals surface area contributed by atoms with E-state index >= 15 is 0 Å². The van der Waals surface area contributed by atoms with Gasteiger partial charge in [0.25, 0.3) is 0 Å². The summed E-state index contributed by atoms with van der Waals surface area (Å²) in [5.41, 5.74) is 7.98. The van der Waals surface area contributed by atoms with E-state index in [0.29, 0.717) is 0 Å². The normalized spacial score (nSPS) is 12.4. The Bertz CT molecular complexity index is 632. The summed E-state index contributed by atoms with van der Waals surface area (Å²) in [5.74, 6) is 0. The number of hydrogen-bond acceptors (Lipinski definition) is 0. The zero-order valence-electron chi connectivity index (χ0n) is 10.4. The maximum Gasteiger partial charge on any atom is -0.0108 e. The van der Waals surface area contributed by atoms with Gasteiger partial charge in [-0.2, -0.15) is 0 Å². The predicted molar refractivity (Wildman–Crippen MR) is 79.5 cm³/mol. The minimum absolute atomic E-state index is 1.14. The Morgan fingerprint density at radius 3 is 2.44 bits per heavy atom. The Hall–Kier alpha value is -2.08. The molecule has 0 heterocycles. The molecule has 1 aliphatic rings. The number of aryl methyl sites for hydroxylation is 1. The third-order valence-electron chi connectivity index (χ3n) is 3.74. The molecule has 0 atom stereocenters. The lowest BCUT2D eigenvalue weighted by atomic mass is 9.81. The highest BCUT2D eigenvalue weighted by molar-refractivity contribution is 5.80. The maximum absolute atomic E-state index is 3.93. The lowest BCUT2D eigenvalue weighted by Crippen LogP contribution is -2.09. The fourth-order valence-corrected chi connectivity index (χ4v) is 2.62. The smallest absolute Gasteiger partial charge is 0.0108 e. The van der Waals surface area contributed by atoms with E-state index in [2.05, 4.69) is 49.6 Å². The van der Waals surface area contributed by atoms with Crippen molar-refractivity contribution < 1.29 is 0 Å². The van der Waals surface area contributed by atoms with Crippen LogP contribution in [0.5, 0.6) is 0 Å². The lowest BCUT2D eigenvalue weighted by molar-refractivity contribution is 0.842. The van der Waals surface area contributed by atoms with Crippen LogP contribution in [0.25, 0.3) is 23.3 Å². The van der Waals surface area contributed by atoms with Crippen LogP contribution in [0.1, 0.15) is 22.3 Å². The first kappa shape index (κ1) is 11.0. The summed E-state index contributed by atoms with van der Waals surface area (Å²) in [6.07, 6.45) is 6.23. The Balaban J connectivity index is 2.19. The molecule has 0 aromatic heterocycles. The minimum Gasteiger partial charge on any atom is -0.0985 e. The maximum atomic E-state index is 3.93. The molecule has 2 aromatic carbocycles. The molecule has 0 N–H and O–H groups in total. The molecule has 0 radical (unpaired) electrons. The molecule has 0 fully saturated rings. The number of rotatable bonds is 3. The van der Waals surface area contributed by atoms with Gasteiger partial charge in [-0.05, 0) is 52.3 Å². The lowest BCUT2D eigenvalue weighted by Gasteiger charge is -2.23. The van der Waals surface area contributed by atoms with Crippen LogP contribution >= 0.6 is 0 Å². The molecule has 0 spiro atoms. The second-order valence-electron chi connectivity index (χ2n) is 4.70. The van der Waals surface area contributed by atoms with Crippen molar-refractivity contribution in [3.63, 3.8) is 0 Å². The van der Waals surface area contributed by atoms with Gasteiger partial charge >= 0.3 is 0 Å². The van der Waals surface area contributed by atoms with Crippen LogP contribution < -0.4 is 0 Å². The molecular formula is C18H16. The summed E-state index contributed by atoms with van der Waals surface area (Å²) >= 11 is 0.